The maximum Gasteiger partial charge on any atom is 0.0252 e. The molecule has 1 heterocycles. The third kappa shape index (κ3) is 3.33. The van der Waals surface area contributed by atoms with E-state index in [9.17, 15) is 0 Å². The zero-order valence-corrected chi connectivity index (χ0v) is 13.0. The summed E-state index contributed by atoms with van der Waals surface area (Å²) in [4.78, 5) is 2.87. The Bertz CT molecular complexity index is 290. The highest BCUT2D eigenvalue weighted by molar-refractivity contribution is 4.96. The first-order valence-corrected chi connectivity index (χ1v) is 8.63. The first-order chi connectivity index (χ1) is 9.14. The number of hydrogen-bond donors (Lipinski definition) is 1. The molecule has 0 aromatic heterocycles. The van der Waals surface area contributed by atoms with Crippen molar-refractivity contribution >= 4 is 0 Å². The van der Waals surface area contributed by atoms with Gasteiger partial charge in [0.2, 0.25) is 0 Å². The Balaban J connectivity index is 1.64. The number of nitrogens with zero attached hydrogens (tertiary/aromatic N) is 1. The molecule has 19 heavy (non-hydrogen) atoms. The van der Waals surface area contributed by atoms with Crippen LogP contribution < -0.4 is 5.32 Å². The molecule has 1 unspecified atom stereocenters. The van der Waals surface area contributed by atoms with Crippen LogP contribution >= 0.6 is 0 Å². The molecule has 1 atom stereocenters. The summed E-state index contributed by atoms with van der Waals surface area (Å²) < 4.78 is 0. The lowest BCUT2D eigenvalue weighted by molar-refractivity contribution is 0.0255. The molecular weight excluding hydrogens is 232 g/mol. The molecule has 3 fully saturated rings. The first-order valence-electron chi connectivity index (χ1n) is 8.63. The Hall–Kier alpha value is -0.0800. The molecule has 0 radical (unpaired) electrons. The quantitative estimate of drug-likeness (QED) is 0.840. The SMILES string of the molecule is CC1(C)CN(CC2CCC2)C(C2CCCCC2)CN1. The summed E-state index contributed by atoms with van der Waals surface area (Å²) in [6, 6.07) is 0.828. The van der Waals surface area contributed by atoms with Gasteiger partial charge in [-0.1, -0.05) is 25.7 Å². The van der Waals surface area contributed by atoms with Crippen LogP contribution in [0.15, 0.2) is 0 Å². The van der Waals surface area contributed by atoms with Gasteiger partial charge in [0.05, 0.1) is 0 Å². The van der Waals surface area contributed by atoms with Crippen LogP contribution in [0.5, 0.6) is 0 Å². The molecule has 1 saturated heterocycles. The molecule has 0 aromatic rings. The molecule has 0 bridgehead atoms. The molecule has 0 amide bonds. The highest BCUT2D eigenvalue weighted by atomic mass is 15.3. The van der Waals surface area contributed by atoms with Gasteiger partial charge in [-0.25, -0.2) is 0 Å². The van der Waals surface area contributed by atoms with E-state index < -0.39 is 0 Å². The van der Waals surface area contributed by atoms with Crippen LogP contribution in [0.3, 0.4) is 0 Å². The fourth-order valence-electron chi connectivity index (χ4n) is 4.38. The lowest BCUT2D eigenvalue weighted by atomic mass is 9.79. The van der Waals surface area contributed by atoms with Gasteiger partial charge in [-0.05, 0) is 51.4 Å². The summed E-state index contributed by atoms with van der Waals surface area (Å²) in [5, 5.41) is 3.80. The van der Waals surface area contributed by atoms with E-state index >= 15 is 0 Å². The second-order valence-corrected chi connectivity index (χ2v) is 7.96. The van der Waals surface area contributed by atoms with Crippen molar-refractivity contribution in [2.24, 2.45) is 11.8 Å². The fraction of sp³-hybridized carbons (Fsp3) is 1.00. The van der Waals surface area contributed by atoms with E-state index in [0.717, 1.165) is 17.9 Å². The van der Waals surface area contributed by atoms with Crippen LogP contribution in [0, 0.1) is 11.8 Å². The van der Waals surface area contributed by atoms with E-state index in [1.807, 2.05) is 0 Å². The van der Waals surface area contributed by atoms with Gasteiger partial charge in [0, 0.05) is 31.2 Å². The predicted octanol–water partition coefficient (Wildman–Crippen LogP) is 3.42. The third-order valence-corrected chi connectivity index (χ3v) is 5.77. The van der Waals surface area contributed by atoms with Crippen molar-refractivity contribution in [3.63, 3.8) is 0 Å². The molecule has 3 rings (SSSR count). The maximum atomic E-state index is 3.80. The summed E-state index contributed by atoms with van der Waals surface area (Å²) in [5.74, 6) is 1.98. The molecule has 0 spiro atoms. The normalized spacial score (nSPS) is 34.1. The van der Waals surface area contributed by atoms with Crippen LogP contribution in [0.2, 0.25) is 0 Å². The van der Waals surface area contributed by atoms with E-state index in [1.165, 1.54) is 71.0 Å². The molecule has 3 aliphatic rings. The summed E-state index contributed by atoms with van der Waals surface area (Å²) in [6.45, 7) is 8.61. The van der Waals surface area contributed by atoms with Crippen molar-refractivity contribution in [1.82, 2.24) is 10.2 Å². The average molecular weight is 264 g/mol. The number of hydrogen-bond acceptors (Lipinski definition) is 2. The van der Waals surface area contributed by atoms with Gasteiger partial charge in [-0.15, -0.1) is 0 Å². The predicted molar refractivity (Wildman–Crippen MR) is 81.4 cm³/mol. The monoisotopic (exact) mass is 264 g/mol. The minimum atomic E-state index is 0.314. The van der Waals surface area contributed by atoms with Crippen LogP contribution in [0.4, 0.5) is 0 Å². The Labute approximate surface area is 119 Å². The lowest BCUT2D eigenvalue weighted by Crippen LogP contribution is -2.64. The molecule has 1 aliphatic heterocycles. The second-order valence-electron chi connectivity index (χ2n) is 7.96. The minimum Gasteiger partial charge on any atom is -0.309 e. The Morgan fingerprint density at radius 2 is 1.74 bits per heavy atom. The van der Waals surface area contributed by atoms with Gasteiger partial charge in [0.1, 0.15) is 0 Å². The van der Waals surface area contributed by atoms with Crippen molar-refractivity contribution < 1.29 is 0 Å². The summed E-state index contributed by atoms with van der Waals surface area (Å²) in [6.07, 6.45) is 11.8. The van der Waals surface area contributed by atoms with Gasteiger partial charge in [0.25, 0.3) is 0 Å². The Morgan fingerprint density at radius 1 is 1.00 bits per heavy atom. The molecule has 2 saturated carbocycles. The largest absolute Gasteiger partial charge is 0.309 e. The summed E-state index contributed by atoms with van der Waals surface area (Å²) in [5.41, 5.74) is 0.314. The van der Waals surface area contributed by atoms with Gasteiger partial charge in [-0.2, -0.15) is 0 Å². The smallest absolute Gasteiger partial charge is 0.0252 e. The molecular formula is C17H32N2. The van der Waals surface area contributed by atoms with Crippen molar-refractivity contribution in [3.8, 4) is 0 Å². The van der Waals surface area contributed by atoms with Gasteiger partial charge >= 0.3 is 0 Å². The lowest BCUT2D eigenvalue weighted by Gasteiger charge is -2.50. The molecule has 110 valence electrons. The number of rotatable bonds is 3. The van der Waals surface area contributed by atoms with Gasteiger partial charge in [-0.3, -0.25) is 4.90 Å². The average Bonchev–Trinajstić information content (AvgIpc) is 2.34. The van der Waals surface area contributed by atoms with Crippen molar-refractivity contribution in [2.75, 3.05) is 19.6 Å². The van der Waals surface area contributed by atoms with Crippen LogP contribution in [-0.2, 0) is 0 Å². The number of nitrogens with one attached hydrogen (secondary N) is 1. The van der Waals surface area contributed by atoms with Crippen LogP contribution in [-0.4, -0.2) is 36.1 Å². The van der Waals surface area contributed by atoms with E-state index in [1.54, 1.807) is 0 Å². The van der Waals surface area contributed by atoms with E-state index in [0.29, 0.717) is 5.54 Å². The van der Waals surface area contributed by atoms with Gasteiger partial charge < -0.3 is 5.32 Å². The van der Waals surface area contributed by atoms with Crippen LogP contribution in [0.1, 0.15) is 65.2 Å². The fourth-order valence-corrected chi connectivity index (χ4v) is 4.38. The molecule has 0 aromatic carbocycles. The summed E-state index contributed by atoms with van der Waals surface area (Å²) >= 11 is 0. The van der Waals surface area contributed by atoms with E-state index in [-0.39, 0.29) is 0 Å². The van der Waals surface area contributed by atoms with Crippen molar-refractivity contribution in [1.29, 1.82) is 0 Å². The zero-order chi connectivity index (χ0) is 13.3. The Morgan fingerprint density at radius 3 is 2.37 bits per heavy atom. The molecule has 2 aliphatic carbocycles. The highest BCUT2D eigenvalue weighted by Gasteiger charge is 2.38. The van der Waals surface area contributed by atoms with Crippen molar-refractivity contribution in [2.45, 2.75) is 76.8 Å². The third-order valence-electron chi connectivity index (χ3n) is 5.77. The van der Waals surface area contributed by atoms with Gasteiger partial charge in [0.15, 0.2) is 0 Å². The molecule has 2 nitrogen and oxygen atoms in total. The Kier molecular flexibility index (Phi) is 4.19. The van der Waals surface area contributed by atoms with Crippen LogP contribution in [0.25, 0.3) is 0 Å². The topological polar surface area (TPSA) is 15.3 Å². The standard InChI is InChI=1S/C17H32N2/c1-17(2)13-19(12-14-7-6-8-14)16(11-18-17)15-9-4-3-5-10-15/h14-16,18H,3-13H2,1-2H3. The molecule has 2 heteroatoms. The second kappa shape index (κ2) is 5.73. The maximum absolute atomic E-state index is 3.80. The van der Waals surface area contributed by atoms with E-state index in [4.69, 9.17) is 0 Å². The minimum absolute atomic E-state index is 0.314. The first kappa shape index (κ1) is 13.9. The molecule has 1 N–H and O–H groups in total. The summed E-state index contributed by atoms with van der Waals surface area (Å²) in [7, 11) is 0. The number of piperazine rings is 1. The highest BCUT2D eigenvalue weighted by Crippen LogP contribution is 2.34. The van der Waals surface area contributed by atoms with Crippen molar-refractivity contribution in [3.05, 3.63) is 0 Å². The van der Waals surface area contributed by atoms with E-state index in [2.05, 4.69) is 24.1 Å². The zero-order valence-electron chi connectivity index (χ0n) is 13.0.